The number of halogens is 2. The number of nitrogens with zero attached hydrogens (tertiary/aromatic N) is 1. The van der Waals surface area contributed by atoms with Gasteiger partial charge in [-0.3, -0.25) is 4.79 Å². The van der Waals surface area contributed by atoms with Gasteiger partial charge in [-0.25, -0.2) is 0 Å². The Morgan fingerprint density at radius 3 is 2.80 bits per heavy atom. The Balaban J connectivity index is 0.00000225. The molecule has 2 heterocycles. The molecular weight excluding hydrogens is 357 g/mol. The molecule has 0 aliphatic carbocycles. The highest BCUT2D eigenvalue weighted by Crippen LogP contribution is 2.21. The lowest BCUT2D eigenvalue weighted by Crippen LogP contribution is -2.47. The molecule has 1 aromatic heterocycles. The van der Waals surface area contributed by atoms with Crippen LogP contribution in [0.3, 0.4) is 0 Å². The maximum Gasteiger partial charge on any atom is 0.235 e. The molecular formula is C19H27Cl2N3O. The Bertz CT molecular complexity index is 680. The number of alkyl halides is 1. The summed E-state index contributed by atoms with van der Waals surface area (Å²) in [5.41, 5.74) is 2.39. The quantitative estimate of drug-likeness (QED) is 0.748. The number of carbonyl (C=O) groups is 1. The van der Waals surface area contributed by atoms with Gasteiger partial charge in [0, 0.05) is 29.7 Å². The Morgan fingerprint density at radius 2 is 2.08 bits per heavy atom. The molecule has 1 unspecified atom stereocenters. The number of fused-ring (bicyclic) bond motifs is 1. The molecule has 3 rings (SSSR count). The van der Waals surface area contributed by atoms with Crippen LogP contribution in [0.5, 0.6) is 0 Å². The molecule has 25 heavy (non-hydrogen) atoms. The number of piperidine rings is 1. The molecule has 138 valence electrons. The van der Waals surface area contributed by atoms with Gasteiger partial charge in [0.1, 0.15) is 5.88 Å². The van der Waals surface area contributed by atoms with E-state index in [2.05, 4.69) is 46.5 Å². The van der Waals surface area contributed by atoms with Gasteiger partial charge in [-0.05, 0) is 49.9 Å². The number of benzene rings is 1. The molecule has 0 radical (unpaired) electrons. The number of hydrogen-bond acceptors (Lipinski definition) is 2. The second-order valence-corrected chi connectivity index (χ2v) is 7.21. The van der Waals surface area contributed by atoms with Gasteiger partial charge >= 0.3 is 0 Å². The molecule has 4 nitrogen and oxygen atoms in total. The van der Waals surface area contributed by atoms with Crippen molar-refractivity contribution in [2.45, 2.75) is 32.2 Å². The smallest absolute Gasteiger partial charge is 0.235 e. The van der Waals surface area contributed by atoms with Gasteiger partial charge in [0.05, 0.1) is 0 Å². The number of carbonyl (C=O) groups excluding carboxylic acids is 1. The van der Waals surface area contributed by atoms with Gasteiger partial charge in [0.25, 0.3) is 0 Å². The second-order valence-electron chi connectivity index (χ2n) is 6.94. The number of nitrogens with one attached hydrogen (secondary N) is 2. The van der Waals surface area contributed by atoms with Gasteiger partial charge in [-0.1, -0.05) is 25.1 Å². The summed E-state index contributed by atoms with van der Waals surface area (Å²) in [6, 6.07) is 8.38. The van der Waals surface area contributed by atoms with E-state index in [-0.39, 0.29) is 30.2 Å². The Morgan fingerprint density at radius 1 is 1.36 bits per heavy atom. The molecule has 0 spiro atoms. The molecule has 6 heteroatoms. The number of hydrogen-bond donors (Lipinski definition) is 2. The molecule has 1 fully saturated rings. The van der Waals surface area contributed by atoms with Crippen molar-refractivity contribution in [3.8, 4) is 0 Å². The number of rotatable bonds is 6. The largest absolute Gasteiger partial charge is 0.361 e. The zero-order chi connectivity index (χ0) is 16.9. The fourth-order valence-corrected chi connectivity index (χ4v) is 3.63. The third kappa shape index (κ3) is 5.37. The second kappa shape index (κ2) is 9.46. The molecule has 1 aliphatic heterocycles. The SMILES string of the molecule is CC1CCN(CC(Cc2c[nH]c3ccccc23)NC(=O)CCl)CC1.Cl. The van der Waals surface area contributed by atoms with Crippen molar-refractivity contribution < 1.29 is 4.79 Å². The van der Waals surface area contributed by atoms with E-state index in [1.807, 2.05) is 6.07 Å². The van der Waals surface area contributed by atoms with Crippen LogP contribution >= 0.6 is 24.0 Å². The van der Waals surface area contributed by atoms with Crippen LogP contribution < -0.4 is 5.32 Å². The number of aromatic nitrogens is 1. The van der Waals surface area contributed by atoms with E-state index in [9.17, 15) is 4.79 Å². The summed E-state index contributed by atoms with van der Waals surface area (Å²) in [7, 11) is 0. The first-order valence-electron chi connectivity index (χ1n) is 8.78. The van der Waals surface area contributed by atoms with E-state index in [4.69, 9.17) is 11.6 Å². The van der Waals surface area contributed by atoms with E-state index in [0.29, 0.717) is 0 Å². The van der Waals surface area contributed by atoms with E-state index >= 15 is 0 Å². The van der Waals surface area contributed by atoms with E-state index < -0.39 is 0 Å². The molecule has 1 aliphatic rings. The molecule has 0 bridgehead atoms. The highest BCUT2D eigenvalue weighted by atomic mass is 35.5. The van der Waals surface area contributed by atoms with Gasteiger partial charge in [0.15, 0.2) is 0 Å². The summed E-state index contributed by atoms with van der Waals surface area (Å²) >= 11 is 5.70. The van der Waals surface area contributed by atoms with Gasteiger partial charge in [0.2, 0.25) is 5.91 Å². The zero-order valence-electron chi connectivity index (χ0n) is 14.6. The lowest BCUT2D eigenvalue weighted by Gasteiger charge is -2.33. The summed E-state index contributed by atoms with van der Waals surface area (Å²) in [5.74, 6) is 0.735. The Labute approximate surface area is 160 Å². The third-order valence-electron chi connectivity index (χ3n) is 4.98. The van der Waals surface area contributed by atoms with Crippen LogP contribution in [0.15, 0.2) is 30.5 Å². The van der Waals surface area contributed by atoms with Crippen molar-refractivity contribution in [1.82, 2.24) is 15.2 Å². The van der Waals surface area contributed by atoms with Crippen LogP contribution in [-0.4, -0.2) is 47.3 Å². The van der Waals surface area contributed by atoms with Crippen LogP contribution in [0.4, 0.5) is 0 Å². The average Bonchev–Trinajstić information content (AvgIpc) is 3.00. The van der Waals surface area contributed by atoms with Crippen LogP contribution in [0.25, 0.3) is 10.9 Å². The molecule has 1 saturated heterocycles. The summed E-state index contributed by atoms with van der Waals surface area (Å²) in [4.78, 5) is 17.6. The van der Waals surface area contributed by atoms with Gasteiger partial charge < -0.3 is 15.2 Å². The van der Waals surface area contributed by atoms with Crippen LogP contribution in [0.1, 0.15) is 25.3 Å². The number of likely N-dealkylation sites (tertiary alicyclic amines) is 1. The minimum atomic E-state index is -0.0908. The van der Waals surface area contributed by atoms with E-state index in [1.54, 1.807) is 0 Å². The molecule has 2 aromatic rings. The monoisotopic (exact) mass is 383 g/mol. The first-order valence-corrected chi connectivity index (χ1v) is 9.32. The fourth-order valence-electron chi connectivity index (χ4n) is 3.55. The number of amides is 1. The van der Waals surface area contributed by atoms with Crippen molar-refractivity contribution >= 4 is 40.8 Å². The van der Waals surface area contributed by atoms with Gasteiger partial charge in [-0.2, -0.15) is 0 Å². The van der Waals surface area contributed by atoms with Crippen molar-refractivity contribution in [2.24, 2.45) is 5.92 Å². The fraction of sp³-hybridized carbons (Fsp3) is 0.526. The van der Waals surface area contributed by atoms with Crippen molar-refractivity contribution in [1.29, 1.82) is 0 Å². The highest BCUT2D eigenvalue weighted by Gasteiger charge is 2.21. The minimum absolute atomic E-state index is 0. The normalized spacial score (nSPS) is 17.2. The van der Waals surface area contributed by atoms with Crippen LogP contribution in [-0.2, 0) is 11.2 Å². The third-order valence-corrected chi connectivity index (χ3v) is 5.23. The predicted molar refractivity (Wildman–Crippen MR) is 107 cm³/mol. The average molecular weight is 384 g/mol. The van der Waals surface area contributed by atoms with Crippen LogP contribution in [0.2, 0.25) is 0 Å². The van der Waals surface area contributed by atoms with Crippen molar-refractivity contribution in [3.05, 3.63) is 36.0 Å². The Hall–Kier alpha value is -1.23. The van der Waals surface area contributed by atoms with Crippen molar-refractivity contribution in [2.75, 3.05) is 25.5 Å². The summed E-state index contributed by atoms with van der Waals surface area (Å²) < 4.78 is 0. The lowest BCUT2D eigenvalue weighted by molar-refractivity contribution is -0.119. The van der Waals surface area contributed by atoms with E-state index in [0.717, 1.165) is 37.5 Å². The number of para-hydroxylation sites is 1. The summed E-state index contributed by atoms with van der Waals surface area (Å²) in [6.07, 6.45) is 5.36. The van der Waals surface area contributed by atoms with Crippen molar-refractivity contribution in [3.63, 3.8) is 0 Å². The summed E-state index contributed by atoms with van der Waals surface area (Å²) in [5, 5.41) is 4.33. The number of H-pyrrole nitrogens is 1. The Kier molecular flexibility index (Phi) is 7.60. The highest BCUT2D eigenvalue weighted by molar-refractivity contribution is 6.27. The molecule has 1 atom stereocenters. The topological polar surface area (TPSA) is 48.1 Å². The number of aromatic amines is 1. The molecule has 0 saturated carbocycles. The van der Waals surface area contributed by atoms with Gasteiger partial charge in [-0.15, -0.1) is 24.0 Å². The lowest BCUT2D eigenvalue weighted by atomic mass is 9.98. The zero-order valence-corrected chi connectivity index (χ0v) is 16.2. The first kappa shape index (κ1) is 20.1. The molecule has 1 aromatic carbocycles. The van der Waals surface area contributed by atoms with Crippen LogP contribution in [0, 0.1) is 5.92 Å². The predicted octanol–water partition coefficient (Wildman–Crippen LogP) is 3.59. The minimum Gasteiger partial charge on any atom is -0.361 e. The molecule has 2 N–H and O–H groups in total. The maximum absolute atomic E-state index is 11.8. The standard InChI is InChI=1S/C19H26ClN3O.ClH/c1-14-6-8-23(9-7-14)13-16(22-19(24)11-20)10-15-12-21-18-5-3-2-4-17(15)18;/h2-5,12,14,16,21H,6-11,13H2,1H3,(H,22,24);1H. The maximum atomic E-state index is 11.8. The first-order chi connectivity index (χ1) is 11.7. The van der Waals surface area contributed by atoms with E-state index in [1.165, 1.54) is 23.8 Å². The molecule has 1 amide bonds. The summed E-state index contributed by atoms with van der Waals surface area (Å²) in [6.45, 7) is 5.43.